The first-order valence-electron chi connectivity index (χ1n) is 33.5. The SMILES string of the molecule is CC(C)(C)c1ccc(-c2ccc3c(c2)B2c4ccc(C(C)(C)C)cc4N(c4ccc(C(C)(C)C)cc4-c4ccccc4)c4cc(-c5cccc6c5C(c5ccccc5)(c5ccccc5)c5ccccc5-6)cc(c42)N3c2c(-c3ccccc3)cccc2-c2ccccc2)cc1. The minimum atomic E-state index is -0.675. The Labute approximate surface area is 556 Å². The zero-order chi connectivity index (χ0) is 64.3. The molecule has 2 aliphatic heterocycles. The van der Waals surface area contributed by atoms with Gasteiger partial charge in [0, 0.05) is 39.4 Å². The fourth-order valence-corrected chi connectivity index (χ4v) is 15.7. The Morgan fingerprint density at radius 1 is 0.266 bits per heavy atom. The first kappa shape index (κ1) is 58.6. The number of anilines is 6. The van der Waals surface area contributed by atoms with E-state index in [1.807, 2.05) is 0 Å². The second-order valence-corrected chi connectivity index (χ2v) is 29.2. The van der Waals surface area contributed by atoms with Crippen molar-refractivity contribution in [3.8, 4) is 66.8 Å². The minimum absolute atomic E-state index is 0.0158. The van der Waals surface area contributed by atoms with Gasteiger partial charge in [-0.15, -0.1) is 0 Å². The molecule has 0 bridgehead atoms. The van der Waals surface area contributed by atoms with Crippen molar-refractivity contribution in [3.05, 3.63) is 342 Å². The summed E-state index contributed by atoms with van der Waals surface area (Å²) in [5.74, 6) is 0. The van der Waals surface area contributed by atoms with E-state index in [1.165, 1.54) is 100.0 Å². The van der Waals surface area contributed by atoms with Crippen LogP contribution in [0.15, 0.2) is 303 Å². The summed E-state index contributed by atoms with van der Waals surface area (Å²) < 4.78 is 0. The van der Waals surface area contributed by atoms with Crippen molar-refractivity contribution >= 4 is 57.2 Å². The van der Waals surface area contributed by atoms with Crippen molar-refractivity contribution < 1.29 is 0 Å². The molecule has 2 heterocycles. The highest BCUT2D eigenvalue weighted by Gasteiger charge is 2.50. The third-order valence-electron chi connectivity index (χ3n) is 20.4. The largest absolute Gasteiger partial charge is 0.311 e. The second kappa shape index (κ2) is 22.4. The fraction of sp³-hybridized carbons (Fsp3) is 0.143. The molecule has 0 aromatic heterocycles. The molecule has 13 aromatic carbocycles. The number of fused-ring (bicyclic) bond motifs is 7. The summed E-state index contributed by atoms with van der Waals surface area (Å²) in [6.07, 6.45) is 0. The number of para-hydroxylation sites is 1. The number of hydrogen-bond acceptors (Lipinski definition) is 2. The average Bonchev–Trinajstić information content (AvgIpc) is 1.71. The van der Waals surface area contributed by atoms with Crippen LogP contribution < -0.4 is 26.2 Å². The lowest BCUT2D eigenvalue weighted by Gasteiger charge is -2.46. The Morgan fingerprint density at radius 3 is 1.29 bits per heavy atom. The molecule has 3 heteroatoms. The molecule has 0 spiro atoms. The highest BCUT2D eigenvalue weighted by Crippen LogP contribution is 2.60. The summed E-state index contributed by atoms with van der Waals surface area (Å²) in [7, 11) is 0. The summed E-state index contributed by atoms with van der Waals surface area (Å²) in [4.78, 5) is 5.38. The van der Waals surface area contributed by atoms with E-state index in [0.717, 1.165) is 56.3 Å². The van der Waals surface area contributed by atoms with Gasteiger partial charge in [0.2, 0.25) is 0 Å². The molecule has 3 aliphatic rings. The molecule has 0 N–H and O–H groups in total. The molecule has 2 nitrogen and oxygen atoms in total. The smallest absolute Gasteiger partial charge is 0.252 e. The number of nitrogens with zero attached hydrogens (tertiary/aromatic N) is 2. The van der Waals surface area contributed by atoms with Gasteiger partial charge in [-0.1, -0.05) is 329 Å². The Balaban J connectivity index is 1.10. The molecule has 0 saturated carbocycles. The quantitative estimate of drug-likeness (QED) is 0.133. The van der Waals surface area contributed by atoms with E-state index < -0.39 is 5.41 Å². The van der Waals surface area contributed by atoms with Crippen LogP contribution >= 0.6 is 0 Å². The zero-order valence-corrected chi connectivity index (χ0v) is 55.3. The Morgan fingerprint density at radius 2 is 0.713 bits per heavy atom. The summed E-state index contributed by atoms with van der Waals surface area (Å²) in [5, 5.41) is 0. The predicted octanol–water partition coefficient (Wildman–Crippen LogP) is 22.4. The highest BCUT2D eigenvalue weighted by molar-refractivity contribution is 7.00. The molecule has 0 fully saturated rings. The van der Waals surface area contributed by atoms with Gasteiger partial charge in [0.1, 0.15) is 0 Å². The van der Waals surface area contributed by atoms with Crippen molar-refractivity contribution in [1.82, 2.24) is 0 Å². The summed E-state index contributed by atoms with van der Waals surface area (Å²) in [5.41, 5.74) is 32.9. The van der Waals surface area contributed by atoms with Gasteiger partial charge in [0.15, 0.2) is 0 Å². The van der Waals surface area contributed by atoms with Crippen molar-refractivity contribution in [1.29, 1.82) is 0 Å². The third-order valence-corrected chi connectivity index (χ3v) is 20.4. The topological polar surface area (TPSA) is 6.48 Å². The van der Waals surface area contributed by atoms with Crippen LogP contribution in [-0.4, -0.2) is 6.71 Å². The van der Waals surface area contributed by atoms with E-state index in [4.69, 9.17) is 0 Å². The summed E-state index contributed by atoms with van der Waals surface area (Å²) >= 11 is 0. The van der Waals surface area contributed by atoms with Crippen molar-refractivity contribution in [3.63, 3.8) is 0 Å². The standard InChI is InChI=1S/C91H77BN2/c1-88(2,3)66-48-45-60(46-49-66)64-47-53-81-79(55-64)92-78-52-50-70(90(7,8)9)59-82(78)93(80-54-51-69(89(4,5)6)58-76(80)63-33-19-12-20-34-63)83-56-65(57-84(86(83)92)94(81)87-72(61-29-15-10-16-30-61)41-28-42-73(87)62-31-17-11-18-32-62)71-40-27-43-75-74-39-25-26-44-77(74)91(85(71)75,67-35-21-13-22-36-67)68-37-23-14-24-38-68/h10-59H,1-9H3. The summed E-state index contributed by atoms with van der Waals surface area (Å²) in [6, 6.07) is 116. The lowest BCUT2D eigenvalue weighted by atomic mass is 9.33. The maximum atomic E-state index is 2.69. The number of rotatable bonds is 9. The van der Waals surface area contributed by atoms with Crippen LogP contribution in [0.3, 0.4) is 0 Å². The van der Waals surface area contributed by atoms with Gasteiger partial charge in [-0.3, -0.25) is 0 Å². The van der Waals surface area contributed by atoms with Gasteiger partial charge in [0.25, 0.3) is 6.71 Å². The van der Waals surface area contributed by atoms with Crippen LogP contribution in [0.1, 0.15) is 101 Å². The van der Waals surface area contributed by atoms with Crippen LogP contribution in [-0.2, 0) is 21.7 Å². The van der Waals surface area contributed by atoms with Crippen LogP contribution in [0.5, 0.6) is 0 Å². The molecule has 13 aromatic rings. The van der Waals surface area contributed by atoms with Gasteiger partial charge in [-0.25, -0.2) is 0 Å². The highest BCUT2D eigenvalue weighted by atomic mass is 15.2. The fourth-order valence-electron chi connectivity index (χ4n) is 15.7. The molecule has 454 valence electrons. The van der Waals surface area contributed by atoms with Gasteiger partial charge in [-0.2, -0.15) is 0 Å². The Hall–Kier alpha value is -10.5. The molecule has 0 atom stereocenters. The van der Waals surface area contributed by atoms with Gasteiger partial charge in [0.05, 0.1) is 16.8 Å². The van der Waals surface area contributed by atoms with E-state index in [1.54, 1.807) is 0 Å². The maximum Gasteiger partial charge on any atom is 0.252 e. The molecule has 0 unspecified atom stereocenters. The second-order valence-electron chi connectivity index (χ2n) is 29.2. The van der Waals surface area contributed by atoms with Crippen molar-refractivity contribution in [2.24, 2.45) is 0 Å². The van der Waals surface area contributed by atoms with Crippen LogP contribution in [0.2, 0.25) is 0 Å². The normalized spacial score (nSPS) is 13.6. The van der Waals surface area contributed by atoms with E-state index in [2.05, 4.69) is 375 Å². The molecule has 0 saturated heterocycles. The van der Waals surface area contributed by atoms with Gasteiger partial charge >= 0.3 is 0 Å². The molecule has 94 heavy (non-hydrogen) atoms. The predicted molar refractivity (Wildman–Crippen MR) is 401 cm³/mol. The van der Waals surface area contributed by atoms with E-state index in [9.17, 15) is 0 Å². The summed E-state index contributed by atoms with van der Waals surface area (Å²) in [6.45, 7) is 20.8. The van der Waals surface area contributed by atoms with Crippen LogP contribution in [0.25, 0.3) is 66.8 Å². The monoisotopic (exact) mass is 1210 g/mol. The molecule has 0 amide bonds. The first-order chi connectivity index (χ1) is 45.6. The van der Waals surface area contributed by atoms with Crippen LogP contribution in [0.4, 0.5) is 34.1 Å². The Bertz CT molecular complexity index is 4950. The van der Waals surface area contributed by atoms with E-state index in [0.29, 0.717) is 0 Å². The van der Waals surface area contributed by atoms with E-state index >= 15 is 0 Å². The zero-order valence-electron chi connectivity index (χ0n) is 55.3. The number of benzene rings is 13. The van der Waals surface area contributed by atoms with E-state index in [-0.39, 0.29) is 23.0 Å². The molecule has 16 rings (SSSR count). The first-order valence-corrected chi connectivity index (χ1v) is 33.5. The molecular formula is C91H77BN2. The molecule has 1 aliphatic carbocycles. The average molecular weight is 1210 g/mol. The number of hydrogen-bond donors (Lipinski definition) is 0. The van der Waals surface area contributed by atoms with Crippen LogP contribution in [0, 0.1) is 0 Å². The van der Waals surface area contributed by atoms with Gasteiger partial charge in [-0.05, 0) is 158 Å². The molecule has 0 radical (unpaired) electrons. The third kappa shape index (κ3) is 9.53. The maximum absolute atomic E-state index is 2.69. The molecular weight excluding hydrogens is 1130 g/mol. The van der Waals surface area contributed by atoms with Crippen molar-refractivity contribution in [2.45, 2.75) is 84.0 Å². The lowest BCUT2D eigenvalue weighted by molar-refractivity contribution is 0.590. The Kier molecular flexibility index (Phi) is 14.0. The minimum Gasteiger partial charge on any atom is -0.311 e. The van der Waals surface area contributed by atoms with Gasteiger partial charge < -0.3 is 9.80 Å². The van der Waals surface area contributed by atoms with Crippen molar-refractivity contribution in [2.75, 3.05) is 9.80 Å². The lowest BCUT2D eigenvalue weighted by Crippen LogP contribution is -2.61.